The predicted octanol–water partition coefficient (Wildman–Crippen LogP) is 1.39. The van der Waals surface area contributed by atoms with Gasteiger partial charge in [-0.3, -0.25) is 9.59 Å². The Bertz CT molecular complexity index is 845. The van der Waals surface area contributed by atoms with Crippen LogP contribution in [-0.2, 0) is 28.8 Å². The maximum Gasteiger partial charge on any atom is 0.259 e. The van der Waals surface area contributed by atoms with Crippen molar-refractivity contribution in [3.63, 3.8) is 0 Å². The highest BCUT2D eigenvalue weighted by molar-refractivity contribution is 7.18. The molecule has 3 rings (SSSR count). The van der Waals surface area contributed by atoms with Gasteiger partial charge in [0, 0.05) is 44.5 Å². The van der Waals surface area contributed by atoms with Crippen molar-refractivity contribution in [3.05, 3.63) is 26.6 Å². The zero-order valence-corrected chi connectivity index (χ0v) is 16.8. The summed E-state index contributed by atoms with van der Waals surface area (Å²) in [6.45, 7) is 4.94. The highest BCUT2D eigenvalue weighted by Gasteiger charge is 2.23. The van der Waals surface area contributed by atoms with Gasteiger partial charge in [0.1, 0.15) is 10.7 Å². The van der Waals surface area contributed by atoms with E-state index in [4.69, 9.17) is 4.74 Å². The van der Waals surface area contributed by atoms with Crippen LogP contribution in [0.5, 0.6) is 0 Å². The normalized spacial score (nSPS) is 16.4. The van der Waals surface area contributed by atoms with Crippen LogP contribution < -0.4 is 16.2 Å². The molecular weight excluding hydrogens is 364 g/mol. The monoisotopic (exact) mass is 392 g/mol. The van der Waals surface area contributed by atoms with Gasteiger partial charge in [0.05, 0.1) is 12.0 Å². The van der Waals surface area contributed by atoms with Crippen molar-refractivity contribution in [1.29, 1.82) is 0 Å². The van der Waals surface area contributed by atoms with Crippen molar-refractivity contribution >= 4 is 27.5 Å². The maximum atomic E-state index is 12.5. The highest BCUT2D eigenvalue weighted by Crippen LogP contribution is 2.35. The van der Waals surface area contributed by atoms with Gasteiger partial charge in [-0.1, -0.05) is 6.92 Å². The number of carbonyl (C=O) groups is 1. The van der Waals surface area contributed by atoms with E-state index in [9.17, 15) is 9.59 Å². The Morgan fingerprint density at radius 1 is 1.37 bits per heavy atom. The Labute approximate surface area is 162 Å². The van der Waals surface area contributed by atoms with Gasteiger partial charge in [-0.2, -0.15) is 0 Å². The van der Waals surface area contributed by atoms with Crippen molar-refractivity contribution in [2.45, 2.75) is 39.0 Å². The molecule has 27 heavy (non-hydrogen) atoms. The Kier molecular flexibility index (Phi) is 6.98. The van der Waals surface area contributed by atoms with Gasteiger partial charge in [-0.15, -0.1) is 11.3 Å². The molecule has 2 heterocycles. The molecule has 1 aliphatic carbocycles. The van der Waals surface area contributed by atoms with Crippen molar-refractivity contribution in [2.75, 3.05) is 33.4 Å². The summed E-state index contributed by atoms with van der Waals surface area (Å²) in [5.41, 5.74) is 1.12. The largest absolute Gasteiger partial charge is 0.383 e. The number of thiophene rings is 1. The number of hydrogen-bond acceptors (Lipinski definition) is 6. The van der Waals surface area contributed by atoms with Gasteiger partial charge in [0.2, 0.25) is 5.91 Å². The number of aryl methyl sites for hydroxylation is 2. The molecule has 0 spiro atoms. The lowest BCUT2D eigenvalue weighted by molar-refractivity contribution is -0.121. The second-order valence-electron chi connectivity index (χ2n) is 7.14. The van der Waals surface area contributed by atoms with E-state index in [1.54, 1.807) is 18.4 Å². The Hall–Kier alpha value is -1.77. The summed E-state index contributed by atoms with van der Waals surface area (Å²) in [5, 5.41) is 6.80. The van der Waals surface area contributed by atoms with E-state index in [1.807, 2.05) is 0 Å². The third-order valence-electron chi connectivity index (χ3n) is 4.91. The number of aromatic amines is 1. The van der Waals surface area contributed by atoms with Gasteiger partial charge in [-0.25, -0.2) is 4.98 Å². The molecule has 7 nitrogen and oxygen atoms in total. The zero-order chi connectivity index (χ0) is 19.2. The van der Waals surface area contributed by atoms with E-state index >= 15 is 0 Å². The van der Waals surface area contributed by atoms with Crippen LogP contribution in [-0.4, -0.2) is 49.2 Å². The third-order valence-corrected chi connectivity index (χ3v) is 6.06. The second-order valence-corrected chi connectivity index (χ2v) is 8.22. The first kappa shape index (κ1) is 20.0. The molecule has 1 amide bonds. The quantitative estimate of drug-likeness (QED) is 0.561. The topological polar surface area (TPSA) is 96.1 Å². The summed E-state index contributed by atoms with van der Waals surface area (Å²) in [6, 6.07) is 0. The fourth-order valence-electron chi connectivity index (χ4n) is 3.42. The number of fused-ring (bicyclic) bond motifs is 3. The maximum absolute atomic E-state index is 12.5. The molecule has 148 valence electrons. The zero-order valence-electron chi connectivity index (χ0n) is 16.0. The molecule has 2 aromatic heterocycles. The third kappa shape index (κ3) is 5.15. The Balaban J connectivity index is 1.55. The minimum Gasteiger partial charge on any atom is -0.383 e. The van der Waals surface area contributed by atoms with Gasteiger partial charge in [0.15, 0.2) is 0 Å². The van der Waals surface area contributed by atoms with Gasteiger partial charge >= 0.3 is 0 Å². The molecule has 0 bridgehead atoms. The number of nitrogens with zero attached hydrogens (tertiary/aromatic N) is 1. The van der Waals surface area contributed by atoms with Crippen molar-refractivity contribution in [1.82, 2.24) is 20.6 Å². The average molecular weight is 393 g/mol. The molecule has 0 radical (unpaired) electrons. The number of methoxy groups -OCH3 is 1. The molecular formula is C19H28N4O3S. The second kappa shape index (κ2) is 9.43. The van der Waals surface area contributed by atoms with E-state index in [1.165, 1.54) is 10.4 Å². The highest BCUT2D eigenvalue weighted by atomic mass is 32.1. The van der Waals surface area contributed by atoms with E-state index in [-0.39, 0.29) is 11.5 Å². The number of amides is 1. The van der Waals surface area contributed by atoms with Crippen LogP contribution in [0.2, 0.25) is 0 Å². The molecule has 0 aromatic carbocycles. The van der Waals surface area contributed by atoms with Crippen LogP contribution in [0.25, 0.3) is 10.2 Å². The Morgan fingerprint density at radius 2 is 2.22 bits per heavy atom. The lowest BCUT2D eigenvalue weighted by Crippen LogP contribution is -2.33. The first-order valence-corrected chi connectivity index (χ1v) is 10.4. The van der Waals surface area contributed by atoms with Gasteiger partial charge in [-0.05, 0) is 30.7 Å². The van der Waals surface area contributed by atoms with Crippen LogP contribution in [0.4, 0.5) is 0 Å². The van der Waals surface area contributed by atoms with E-state index in [0.29, 0.717) is 44.3 Å². The van der Waals surface area contributed by atoms with Crippen LogP contribution in [0.3, 0.4) is 0 Å². The number of aromatic nitrogens is 2. The number of ether oxygens (including phenoxy) is 1. The van der Waals surface area contributed by atoms with Crippen molar-refractivity contribution in [3.8, 4) is 0 Å². The molecule has 3 N–H and O–H groups in total. The summed E-state index contributed by atoms with van der Waals surface area (Å²) in [7, 11) is 1.66. The molecule has 1 unspecified atom stereocenters. The minimum atomic E-state index is -0.0650. The average Bonchev–Trinajstić information content (AvgIpc) is 3.00. The number of nitrogens with one attached hydrogen (secondary N) is 3. The van der Waals surface area contributed by atoms with E-state index in [2.05, 4.69) is 27.5 Å². The van der Waals surface area contributed by atoms with Gasteiger partial charge in [0.25, 0.3) is 5.56 Å². The molecule has 8 heteroatoms. The van der Waals surface area contributed by atoms with Crippen LogP contribution in [0.1, 0.15) is 36.0 Å². The lowest BCUT2D eigenvalue weighted by Gasteiger charge is -2.17. The summed E-state index contributed by atoms with van der Waals surface area (Å²) in [4.78, 5) is 34.1. The molecule has 0 aliphatic heterocycles. The number of rotatable bonds is 9. The van der Waals surface area contributed by atoms with Crippen LogP contribution in [0.15, 0.2) is 4.79 Å². The fraction of sp³-hybridized carbons (Fsp3) is 0.632. The first-order chi connectivity index (χ1) is 13.1. The summed E-state index contributed by atoms with van der Waals surface area (Å²) in [6.07, 6.45) is 3.87. The summed E-state index contributed by atoms with van der Waals surface area (Å²) >= 11 is 1.64. The molecule has 0 fully saturated rings. The van der Waals surface area contributed by atoms with E-state index in [0.717, 1.165) is 36.0 Å². The van der Waals surface area contributed by atoms with Crippen molar-refractivity contribution < 1.29 is 9.53 Å². The van der Waals surface area contributed by atoms with Crippen LogP contribution in [0, 0.1) is 5.92 Å². The SMILES string of the molecule is COCCNCCNC(=O)CCc1nc2sc3c(c2c(=O)[nH]1)CCC(C)C3. The predicted molar refractivity (Wildman–Crippen MR) is 108 cm³/mol. The standard InChI is InChI=1S/C19H28N4O3S/c1-12-3-4-13-14(11-12)27-19-17(13)18(25)22-15(23-19)5-6-16(24)21-8-7-20-9-10-26-2/h12,20H,3-11H2,1-2H3,(H,21,24)(H,22,23,25). The molecule has 2 aromatic rings. The smallest absolute Gasteiger partial charge is 0.259 e. The number of H-pyrrole nitrogens is 1. The number of hydrogen-bond donors (Lipinski definition) is 3. The summed E-state index contributed by atoms with van der Waals surface area (Å²) in [5.74, 6) is 1.22. The molecule has 0 saturated carbocycles. The van der Waals surface area contributed by atoms with Crippen molar-refractivity contribution in [2.24, 2.45) is 5.92 Å². The van der Waals surface area contributed by atoms with E-state index < -0.39 is 0 Å². The molecule has 0 saturated heterocycles. The fourth-order valence-corrected chi connectivity index (χ4v) is 4.82. The van der Waals surface area contributed by atoms with Gasteiger partial charge < -0.3 is 20.4 Å². The minimum absolute atomic E-state index is 0.0365. The summed E-state index contributed by atoms with van der Waals surface area (Å²) < 4.78 is 4.94. The van der Waals surface area contributed by atoms with Crippen LogP contribution >= 0.6 is 11.3 Å². The molecule has 1 aliphatic rings. The number of carbonyl (C=O) groups excluding carboxylic acids is 1. The first-order valence-electron chi connectivity index (χ1n) is 9.58. The molecule has 1 atom stereocenters. The Morgan fingerprint density at radius 3 is 3.04 bits per heavy atom. The lowest BCUT2D eigenvalue weighted by atomic mass is 9.89.